The van der Waals surface area contributed by atoms with E-state index in [1.807, 2.05) is 0 Å². The molecule has 0 aromatic heterocycles. The van der Waals surface area contributed by atoms with Crippen LogP contribution in [0.2, 0.25) is 0 Å². The van der Waals surface area contributed by atoms with Gasteiger partial charge < -0.3 is 21.3 Å². The SMILES string of the molecule is CC(NC(=O)CCC(N)C(=O)O)C(=O)O.O=C(CCl)CCl. The molecule has 2 atom stereocenters. The summed E-state index contributed by atoms with van der Waals surface area (Å²) < 4.78 is 0. The molecule has 0 rings (SSSR count). The van der Waals surface area contributed by atoms with Crippen LogP contribution >= 0.6 is 23.2 Å². The van der Waals surface area contributed by atoms with Crippen molar-refractivity contribution in [3.63, 3.8) is 0 Å². The van der Waals surface area contributed by atoms with Crippen molar-refractivity contribution in [3.05, 3.63) is 0 Å². The van der Waals surface area contributed by atoms with Gasteiger partial charge >= 0.3 is 11.9 Å². The van der Waals surface area contributed by atoms with E-state index in [-0.39, 0.29) is 30.4 Å². The first-order valence-corrected chi connectivity index (χ1v) is 6.86. The summed E-state index contributed by atoms with van der Waals surface area (Å²) in [4.78, 5) is 41.6. The molecular weight excluding hydrogens is 327 g/mol. The van der Waals surface area contributed by atoms with Crippen molar-refractivity contribution in [2.24, 2.45) is 5.73 Å². The summed E-state index contributed by atoms with van der Waals surface area (Å²) in [5.41, 5.74) is 5.16. The Hall–Kier alpha value is -1.38. The van der Waals surface area contributed by atoms with E-state index in [1.165, 1.54) is 6.92 Å². The zero-order valence-electron chi connectivity index (χ0n) is 11.3. The van der Waals surface area contributed by atoms with Crippen molar-refractivity contribution in [1.29, 1.82) is 0 Å². The number of nitrogens with two attached hydrogens (primary N) is 1. The number of Topliss-reactive ketones (excluding diaryl/α,β-unsaturated/α-hetero) is 1. The van der Waals surface area contributed by atoms with Crippen molar-refractivity contribution in [2.75, 3.05) is 11.8 Å². The number of nitrogens with one attached hydrogen (secondary N) is 1. The third-order valence-electron chi connectivity index (χ3n) is 2.05. The van der Waals surface area contributed by atoms with E-state index in [4.69, 9.17) is 39.1 Å². The van der Waals surface area contributed by atoms with Gasteiger partial charge in [0.25, 0.3) is 0 Å². The van der Waals surface area contributed by atoms with Crippen LogP contribution in [0.3, 0.4) is 0 Å². The second-order valence-corrected chi connectivity index (χ2v) is 4.45. The van der Waals surface area contributed by atoms with E-state index < -0.39 is 29.9 Å². The zero-order valence-corrected chi connectivity index (χ0v) is 12.9. The van der Waals surface area contributed by atoms with Crippen LogP contribution in [0.25, 0.3) is 0 Å². The molecule has 0 saturated heterocycles. The Morgan fingerprint density at radius 2 is 1.57 bits per heavy atom. The molecule has 0 fully saturated rings. The molecule has 0 bridgehead atoms. The standard InChI is InChI=1S/C8H14N2O5.C3H4Cl2O/c1-4(7(12)13)10-6(11)3-2-5(9)8(14)15;4-1-3(6)2-5/h4-5H,2-3,9H2,1H3,(H,10,11)(H,12,13)(H,14,15);1-2H2. The van der Waals surface area contributed by atoms with Crippen LogP contribution in [0.15, 0.2) is 0 Å². The van der Waals surface area contributed by atoms with Crippen molar-refractivity contribution in [3.8, 4) is 0 Å². The monoisotopic (exact) mass is 344 g/mol. The van der Waals surface area contributed by atoms with Gasteiger partial charge in [-0.1, -0.05) is 0 Å². The van der Waals surface area contributed by atoms with Gasteiger partial charge in [0.05, 0.1) is 11.8 Å². The number of carboxylic acids is 2. The number of hydrogen-bond donors (Lipinski definition) is 4. The summed E-state index contributed by atoms with van der Waals surface area (Å²) in [7, 11) is 0. The second kappa shape index (κ2) is 12.4. The maximum Gasteiger partial charge on any atom is 0.325 e. The van der Waals surface area contributed by atoms with E-state index in [9.17, 15) is 19.2 Å². The van der Waals surface area contributed by atoms with Gasteiger partial charge in [0.15, 0.2) is 5.78 Å². The Labute approximate surface area is 131 Å². The lowest BCUT2D eigenvalue weighted by atomic mass is 10.1. The fourth-order valence-corrected chi connectivity index (χ4v) is 1.11. The summed E-state index contributed by atoms with van der Waals surface area (Å²) in [6, 6.07) is -2.09. The molecule has 2 unspecified atom stereocenters. The number of amides is 1. The smallest absolute Gasteiger partial charge is 0.325 e. The van der Waals surface area contributed by atoms with Crippen molar-refractivity contribution in [1.82, 2.24) is 5.32 Å². The van der Waals surface area contributed by atoms with Crippen LogP contribution in [0.1, 0.15) is 19.8 Å². The summed E-state index contributed by atoms with van der Waals surface area (Å²) >= 11 is 10.0. The minimum absolute atomic E-state index is 0.0203. The Kier molecular flexibility index (Phi) is 12.9. The van der Waals surface area contributed by atoms with Crippen molar-refractivity contribution in [2.45, 2.75) is 31.8 Å². The molecule has 5 N–H and O–H groups in total. The molecule has 122 valence electrons. The Morgan fingerprint density at radius 1 is 1.10 bits per heavy atom. The number of alkyl halides is 2. The summed E-state index contributed by atoms with van der Waals surface area (Å²) in [5.74, 6) is -2.92. The summed E-state index contributed by atoms with van der Waals surface area (Å²) in [6.45, 7) is 1.32. The first-order valence-electron chi connectivity index (χ1n) is 5.79. The molecule has 0 radical (unpaired) electrons. The average molecular weight is 345 g/mol. The molecule has 0 spiro atoms. The highest BCUT2D eigenvalue weighted by molar-refractivity contribution is 6.35. The lowest BCUT2D eigenvalue weighted by molar-refractivity contribution is -0.142. The van der Waals surface area contributed by atoms with Crippen LogP contribution in [0, 0.1) is 0 Å². The van der Waals surface area contributed by atoms with Crippen LogP contribution in [-0.4, -0.2) is 57.7 Å². The number of carbonyl (C=O) groups is 4. The Morgan fingerprint density at radius 3 is 1.86 bits per heavy atom. The predicted molar refractivity (Wildman–Crippen MR) is 76.5 cm³/mol. The van der Waals surface area contributed by atoms with E-state index in [0.717, 1.165) is 0 Å². The van der Waals surface area contributed by atoms with Gasteiger partial charge in [-0.3, -0.25) is 19.2 Å². The number of rotatable bonds is 8. The molecular formula is C11H18Cl2N2O6. The molecule has 10 heteroatoms. The topological polar surface area (TPSA) is 147 Å². The van der Waals surface area contributed by atoms with Gasteiger partial charge in [-0.25, -0.2) is 0 Å². The van der Waals surface area contributed by atoms with Gasteiger partial charge in [-0.2, -0.15) is 0 Å². The first kappa shape index (κ1) is 21.9. The molecule has 0 heterocycles. The second-order valence-electron chi connectivity index (χ2n) is 3.92. The van der Waals surface area contributed by atoms with Crippen molar-refractivity contribution >= 4 is 46.8 Å². The highest BCUT2D eigenvalue weighted by atomic mass is 35.5. The fourth-order valence-electron chi connectivity index (χ4n) is 0.821. The van der Waals surface area contributed by atoms with E-state index in [1.54, 1.807) is 0 Å². The molecule has 0 aliphatic rings. The predicted octanol–water partition coefficient (Wildman–Crippen LogP) is -0.199. The fraction of sp³-hybridized carbons (Fsp3) is 0.636. The third-order valence-corrected chi connectivity index (χ3v) is 2.64. The maximum atomic E-state index is 11.1. The number of carboxylic acid groups (broad SMARTS) is 2. The molecule has 0 aliphatic carbocycles. The molecule has 0 saturated carbocycles. The van der Waals surface area contributed by atoms with Crippen molar-refractivity contribution < 1.29 is 29.4 Å². The minimum Gasteiger partial charge on any atom is -0.480 e. The van der Waals surface area contributed by atoms with Crippen LogP contribution < -0.4 is 11.1 Å². The van der Waals surface area contributed by atoms with Gasteiger partial charge in [-0.15, -0.1) is 23.2 Å². The lowest BCUT2D eigenvalue weighted by Gasteiger charge is -2.10. The van der Waals surface area contributed by atoms with E-state index in [2.05, 4.69) is 5.32 Å². The maximum absolute atomic E-state index is 11.1. The largest absolute Gasteiger partial charge is 0.480 e. The molecule has 0 aliphatic heterocycles. The molecule has 0 aromatic carbocycles. The number of carbonyl (C=O) groups excluding carboxylic acids is 2. The number of aliphatic carboxylic acids is 2. The summed E-state index contributed by atoms with van der Waals surface area (Å²) in [6.07, 6.45) is -0.126. The highest BCUT2D eigenvalue weighted by Gasteiger charge is 2.16. The van der Waals surface area contributed by atoms with Gasteiger partial charge in [0, 0.05) is 6.42 Å². The van der Waals surface area contributed by atoms with Crippen LogP contribution in [0.4, 0.5) is 0 Å². The van der Waals surface area contributed by atoms with Gasteiger partial charge in [-0.05, 0) is 13.3 Å². The molecule has 8 nitrogen and oxygen atoms in total. The highest BCUT2D eigenvalue weighted by Crippen LogP contribution is 1.95. The minimum atomic E-state index is -1.19. The molecule has 21 heavy (non-hydrogen) atoms. The van der Waals surface area contributed by atoms with Gasteiger partial charge in [0.2, 0.25) is 5.91 Å². The number of hydrogen-bond acceptors (Lipinski definition) is 5. The lowest BCUT2D eigenvalue weighted by Crippen LogP contribution is -2.39. The molecule has 1 amide bonds. The normalized spacial score (nSPS) is 12.4. The zero-order chi connectivity index (χ0) is 17.0. The van der Waals surface area contributed by atoms with Crippen LogP contribution in [-0.2, 0) is 19.2 Å². The number of ketones is 1. The average Bonchev–Trinajstić information content (AvgIpc) is 2.43. The van der Waals surface area contributed by atoms with Crippen LogP contribution in [0.5, 0.6) is 0 Å². The first-order chi connectivity index (χ1) is 9.65. The van der Waals surface area contributed by atoms with E-state index >= 15 is 0 Å². The Balaban J connectivity index is 0. The third kappa shape index (κ3) is 13.4. The van der Waals surface area contributed by atoms with E-state index in [0.29, 0.717) is 0 Å². The summed E-state index contributed by atoms with van der Waals surface area (Å²) in [5, 5.41) is 19.1. The quantitative estimate of drug-likeness (QED) is 0.445. The Bertz CT molecular complexity index is 372. The molecule has 0 aromatic rings. The number of halogens is 2. The van der Waals surface area contributed by atoms with Gasteiger partial charge in [0.1, 0.15) is 12.1 Å².